The van der Waals surface area contributed by atoms with Crippen LogP contribution < -0.4 is 14.8 Å². The van der Waals surface area contributed by atoms with Crippen LogP contribution in [0, 0.1) is 11.7 Å². The number of nitrogens with one attached hydrogen (secondary N) is 1. The minimum absolute atomic E-state index is 0.00291. The topological polar surface area (TPSA) is 47.6 Å². The molecule has 1 saturated carbocycles. The van der Waals surface area contributed by atoms with E-state index in [9.17, 15) is 9.18 Å². The lowest BCUT2D eigenvalue weighted by molar-refractivity contribution is -0.117. The van der Waals surface area contributed by atoms with Crippen LogP contribution in [0.4, 0.5) is 10.1 Å². The van der Waals surface area contributed by atoms with Gasteiger partial charge in [-0.2, -0.15) is 0 Å². The number of carbonyl (C=O) groups excluding carboxylic acids is 1. The van der Waals surface area contributed by atoms with Crippen molar-refractivity contribution in [2.45, 2.75) is 38.0 Å². The maximum Gasteiger partial charge on any atom is 0.231 e. The summed E-state index contributed by atoms with van der Waals surface area (Å²) in [6.45, 7) is 0.300. The third kappa shape index (κ3) is 3.82. The quantitative estimate of drug-likeness (QED) is 0.852. The van der Waals surface area contributed by atoms with E-state index in [-0.39, 0.29) is 11.7 Å². The lowest BCUT2D eigenvalue weighted by Gasteiger charge is -2.28. The predicted molar refractivity (Wildman–Crippen MR) is 96.9 cm³/mol. The zero-order valence-electron chi connectivity index (χ0n) is 14.5. The number of hydrogen-bond acceptors (Lipinski definition) is 3. The van der Waals surface area contributed by atoms with Gasteiger partial charge in [-0.15, -0.1) is 0 Å². The maximum absolute atomic E-state index is 12.9. The molecular weight excluding hydrogens is 333 g/mol. The second kappa shape index (κ2) is 7.36. The molecule has 1 fully saturated rings. The van der Waals surface area contributed by atoms with Gasteiger partial charge < -0.3 is 14.8 Å². The number of fused-ring (bicyclic) bond motifs is 1. The summed E-state index contributed by atoms with van der Waals surface area (Å²) in [5, 5.41) is 2.85. The molecule has 2 aliphatic rings. The third-order valence-electron chi connectivity index (χ3n) is 5.32. The van der Waals surface area contributed by atoms with Crippen LogP contribution >= 0.6 is 0 Å². The predicted octanol–water partition coefficient (Wildman–Crippen LogP) is 4.86. The highest BCUT2D eigenvalue weighted by atomic mass is 19.1. The molecule has 1 aliphatic carbocycles. The van der Waals surface area contributed by atoms with Crippen molar-refractivity contribution < 1.29 is 18.7 Å². The van der Waals surface area contributed by atoms with Crippen LogP contribution in [0.2, 0.25) is 0 Å². The van der Waals surface area contributed by atoms with E-state index in [1.54, 1.807) is 12.1 Å². The Labute approximate surface area is 152 Å². The Hall–Kier alpha value is -2.56. The van der Waals surface area contributed by atoms with Gasteiger partial charge in [0.1, 0.15) is 5.82 Å². The molecule has 1 amide bonds. The van der Waals surface area contributed by atoms with Gasteiger partial charge in [-0.25, -0.2) is 4.39 Å². The molecule has 136 valence electrons. The summed E-state index contributed by atoms with van der Waals surface area (Å²) in [7, 11) is 0. The van der Waals surface area contributed by atoms with Crippen molar-refractivity contribution in [1.29, 1.82) is 0 Å². The number of amides is 1. The molecule has 0 atom stereocenters. The first kappa shape index (κ1) is 16.9. The largest absolute Gasteiger partial charge is 0.454 e. The first-order valence-corrected chi connectivity index (χ1v) is 9.12. The molecule has 1 heterocycles. The fourth-order valence-corrected chi connectivity index (χ4v) is 3.87. The molecule has 0 bridgehead atoms. The summed E-state index contributed by atoms with van der Waals surface area (Å²) >= 11 is 0. The minimum atomic E-state index is -0.301. The summed E-state index contributed by atoms with van der Waals surface area (Å²) in [5.74, 6) is 2.28. The number of benzene rings is 2. The molecule has 0 saturated heterocycles. The van der Waals surface area contributed by atoms with Gasteiger partial charge in [-0.05, 0) is 79.5 Å². The van der Waals surface area contributed by atoms with Crippen molar-refractivity contribution in [1.82, 2.24) is 0 Å². The molecule has 5 heteroatoms. The summed E-state index contributed by atoms with van der Waals surface area (Å²) < 4.78 is 23.8. The molecule has 1 aliphatic heterocycles. The Morgan fingerprint density at radius 3 is 2.50 bits per heavy atom. The second-order valence-electron chi connectivity index (χ2n) is 7.09. The molecule has 0 spiro atoms. The van der Waals surface area contributed by atoms with Gasteiger partial charge in [0, 0.05) is 12.1 Å². The summed E-state index contributed by atoms with van der Waals surface area (Å²) in [6, 6.07) is 12.1. The number of carbonyl (C=O) groups is 1. The van der Waals surface area contributed by atoms with Crippen LogP contribution in [0.25, 0.3) is 0 Å². The molecular formula is C21H22FNO3. The van der Waals surface area contributed by atoms with E-state index in [1.807, 2.05) is 6.07 Å². The molecule has 4 rings (SSSR count). The number of hydrogen-bond donors (Lipinski definition) is 1. The van der Waals surface area contributed by atoms with E-state index in [0.29, 0.717) is 30.7 Å². The summed E-state index contributed by atoms with van der Waals surface area (Å²) in [4.78, 5) is 12.2. The number of ether oxygens (including phenoxy) is 2. The van der Waals surface area contributed by atoms with Crippen molar-refractivity contribution in [2.75, 3.05) is 12.1 Å². The van der Waals surface area contributed by atoms with Gasteiger partial charge in [0.15, 0.2) is 11.5 Å². The van der Waals surface area contributed by atoms with E-state index in [1.165, 1.54) is 17.7 Å². The molecule has 4 nitrogen and oxygen atoms in total. The molecule has 1 N–H and O–H groups in total. The maximum atomic E-state index is 12.9. The average molecular weight is 355 g/mol. The Morgan fingerprint density at radius 1 is 1.00 bits per heavy atom. The highest BCUT2D eigenvalue weighted by molar-refractivity contribution is 5.90. The molecule has 0 unspecified atom stereocenters. The zero-order valence-corrected chi connectivity index (χ0v) is 14.5. The first-order valence-electron chi connectivity index (χ1n) is 9.12. The lowest BCUT2D eigenvalue weighted by Crippen LogP contribution is -2.20. The van der Waals surface area contributed by atoms with Crippen molar-refractivity contribution in [3.63, 3.8) is 0 Å². The summed E-state index contributed by atoms with van der Waals surface area (Å²) in [5.41, 5.74) is 1.94. The fraction of sp³-hybridized carbons (Fsp3) is 0.381. The van der Waals surface area contributed by atoms with Crippen LogP contribution in [0.1, 0.15) is 43.6 Å². The standard InChI is InChI=1S/C21H22FNO3/c22-17-6-8-18(9-7-17)23-21(24)11-14-1-3-15(4-2-14)16-5-10-19-20(12-16)26-13-25-19/h5-10,12,14-15H,1-4,11,13H2,(H,23,24)/t14-,15+. The normalized spacial score (nSPS) is 21.4. The number of anilines is 1. The van der Waals surface area contributed by atoms with Crippen LogP contribution in [0.15, 0.2) is 42.5 Å². The van der Waals surface area contributed by atoms with Crippen molar-refractivity contribution in [2.24, 2.45) is 5.92 Å². The van der Waals surface area contributed by atoms with Crippen molar-refractivity contribution in [3.8, 4) is 11.5 Å². The van der Waals surface area contributed by atoms with Crippen LogP contribution in [0.3, 0.4) is 0 Å². The molecule has 2 aromatic carbocycles. The zero-order chi connectivity index (χ0) is 17.9. The third-order valence-corrected chi connectivity index (χ3v) is 5.32. The van der Waals surface area contributed by atoms with E-state index >= 15 is 0 Å². The van der Waals surface area contributed by atoms with Gasteiger partial charge in [0.2, 0.25) is 12.7 Å². The van der Waals surface area contributed by atoms with Crippen LogP contribution in [0.5, 0.6) is 11.5 Å². The Morgan fingerprint density at radius 2 is 1.73 bits per heavy atom. The smallest absolute Gasteiger partial charge is 0.231 e. The second-order valence-corrected chi connectivity index (χ2v) is 7.09. The summed E-state index contributed by atoms with van der Waals surface area (Å²) in [6.07, 6.45) is 4.75. The number of halogens is 1. The van der Waals surface area contributed by atoms with E-state index in [2.05, 4.69) is 17.4 Å². The molecule has 26 heavy (non-hydrogen) atoms. The van der Waals surface area contributed by atoms with Crippen molar-refractivity contribution >= 4 is 11.6 Å². The monoisotopic (exact) mass is 355 g/mol. The van der Waals surface area contributed by atoms with Crippen molar-refractivity contribution in [3.05, 3.63) is 53.8 Å². The Bertz CT molecular complexity index is 782. The SMILES string of the molecule is O=C(C[C@H]1CC[C@@H](c2ccc3c(c2)OCO3)CC1)Nc1ccc(F)cc1. The Balaban J connectivity index is 1.28. The Kier molecular flexibility index (Phi) is 4.78. The molecule has 0 aromatic heterocycles. The van der Waals surface area contributed by atoms with Gasteiger partial charge in [-0.3, -0.25) is 4.79 Å². The molecule has 0 radical (unpaired) electrons. The van der Waals surface area contributed by atoms with E-state index < -0.39 is 0 Å². The van der Waals surface area contributed by atoms with Crippen LogP contribution in [-0.4, -0.2) is 12.7 Å². The van der Waals surface area contributed by atoms with E-state index in [4.69, 9.17) is 9.47 Å². The van der Waals surface area contributed by atoms with Gasteiger partial charge >= 0.3 is 0 Å². The van der Waals surface area contributed by atoms with Crippen LogP contribution in [-0.2, 0) is 4.79 Å². The van der Waals surface area contributed by atoms with E-state index in [0.717, 1.165) is 37.2 Å². The highest BCUT2D eigenvalue weighted by Gasteiger charge is 2.25. The lowest BCUT2D eigenvalue weighted by atomic mass is 9.77. The molecule has 2 aromatic rings. The van der Waals surface area contributed by atoms with Gasteiger partial charge in [0.25, 0.3) is 0 Å². The minimum Gasteiger partial charge on any atom is -0.454 e. The highest BCUT2D eigenvalue weighted by Crippen LogP contribution is 2.41. The average Bonchev–Trinajstić information content (AvgIpc) is 3.12. The number of rotatable bonds is 4. The first-order chi connectivity index (χ1) is 12.7. The van der Waals surface area contributed by atoms with Gasteiger partial charge in [-0.1, -0.05) is 6.07 Å². The fourth-order valence-electron chi connectivity index (χ4n) is 3.87. The van der Waals surface area contributed by atoms with Gasteiger partial charge in [0.05, 0.1) is 0 Å².